The van der Waals surface area contributed by atoms with Crippen molar-refractivity contribution in [1.82, 2.24) is 0 Å². The van der Waals surface area contributed by atoms with Gasteiger partial charge in [-0.25, -0.2) is 0 Å². The van der Waals surface area contributed by atoms with E-state index in [1.807, 2.05) is 23.9 Å². The van der Waals surface area contributed by atoms with E-state index in [-0.39, 0.29) is 5.60 Å². The Labute approximate surface area is 104 Å². The second-order valence-electron chi connectivity index (χ2n) is 4.49. The van der Waals surface area contributed by atoms with Gasteiger partial charge >= 0.3 is 0 Å². The lowest BCUT2D eigenvalue weighted by Gasteiger charge is -2.37. The Balaban J connectivity index is 1.99. The lowest BCUT2D eigenvalue weighted by Crippen LogP contribution is -2.41. The van der Waals surface area contributed by atoms with Gasteiger partial charge in [-0.3, -0.25) is 0 Å². The summed E-state index contributed by atoms with van der Waals surface area (Å²) in [6.45, 7) is 0. The minimum absolute atomic E-state index is 0.148. The molecular weight excluding hydrogens is 244 g/mol. The fourth-order valence-electron chi connectivity index (χ4n) is 2.44. The molecule has 0 aliphatic carbocycles. The van der Waals surface area contributed by atoms with Crippen molar-refractivity contribution in [3.63, 3.8) is 0 Å². The normalized spacial score (nSPS) is 32.5. The molecular formula is C12H13ClO2S. The topological polar surface area (TPSA) is 29.5 Å². The van der Waals surface area contributed by atoms with Gasteiger partial charge in [0.25, 0.3) is 0 Å². The Morgan fingerprint density at radius 3 is 3.12 bits per heavy atom. The van der Waals surface area contributed by atoms with Gasteiger partial charge in [-0.15, -0.1) is 0 Å². The first-order chi connectivity index (χ1) is 7.69. The van der Waals surface area contributed by atoms with Gasteiger partial charge in [0.05, 0.1) is 6.10 Å². The largest absolute Gasteiger partial charge is 0.486 e. The predicted octanol–water partition coefficient (Wildman–Crippen LogP) is 3.03. The summed E-state index contributed by atoms with van der Waals surface area (Å²) in [4.78, 5) is 0. The second kappa shape index (κ2) is 3.83. The number of hydrogen-bond donors (Lipinski definition) is 1. The third-order valence-corrected chi connectivity index (χ3v) is 4.75. The van der Waals surface area contributed by atoms with Crippen LogP contribution in [-0.4, -0.2) is 22.2 Å². The first-order valence-corrected chi connectivity index (χ1v) is 6.96. The number of aliphatic hydroxyl groups excluding tert-OH is 1. The van der Waals surface area contributed by atoms with Gasteiger partial charge in [0.1, 0.15) is 11.4 Å². The first kappa shape index (κ1) is 10.8. The molecule has 1 N–H and O–H groups in total. The molecule has 0 radical (unpaired) electrons. The van der Waals surface area contributed by atoms with Gasteiger partial charge < -0.3 is 9.84 Å². The van der Waals surface area contributed by atoms with Crippen LogP contribution in [0.5, 0.6) is 5.75 Å². The number of rotatable bonds is 0. The number of thioether (sulfide) groups is 1. The highest BCUT2D eigenvalue weighted by molar-refractivity contribution is 7.99. The summed E-state index contributed by atoms with van der Waals surface area (Å²) in [5.74, 6) is 2.90. The number of fused-ring (bicyclic) bond motifs is 1. The molecule has 0 amide bonds. The Morgan fingerprint density at radius 2 is 2.38 bits per heavy atom. The fraction of sp³-hybridized carbons (Fsp3) is 0.500. The molecule has 0 bridgehead atoms. The summed E-state index contributed by atoms with van der Waals surface area (Å²) >= 11 is 7.82. The van der Waals surface area contributed by atoms with Crippen LogP contribution in [-0.2, 0) is 0 Å². The lowest BCUT2D eigenvalue weighted by atomic mass is 9.88. The smallest absolute Gasteiger partial charge is 0.126 e. The molecule has 1 fully saturated rings. The zero-order valence-electron chi connectivity index (χ0n) is 8.78. The van der Waals surface area contributed by atoms with E-state index in [0.29, 0.717) is 11.4 Å². The van der Waals surface area contributed by atoms with Crippen LogP contribution in [0, 0.1) is 0 Å². The van der Waals surface area contributed by atoms with Crippen molar-refractivity contribution >= 4 is 23.4 Å². The van der Waals surface area contributed by atoms with Crippen LogP contribution in [0.1, 0.15) is 24.5 Å². The van der Waals surface area contributed by atoms with Crippen molar-refractivity contribution in [1.29, 1.82) is 0 Å². The molecule has 1 aromatic rings. The Hall–Kier alpha value is -0.380. The highest BCUT2D eigenvalue weighted by Gasteiger charge is 2.43. The highest BCUT2D eigenvalue weighted by Crippen LogP contribution is 2.46. The summed E-state index contributed by atoms with van der Waals surface area (Å²) in [6, 6.07) is 5.48. The van der Waals surface area contributed by atoms with Crippen LogP contribution in [0.15, 0.2) is 18.2 Å². The average Bonchev–Trinajstić information content (AvgIpc) is 2.68. The van der Waals surface area contributed by atoms with Gasteiger partial charge in [-0.05, 0) is 30.4 Å². The summed E-state index contributed by atoms with van der Waals surface area (Å²) in [6.07, 6.45) is 1.27. The van der Waals surface area contributed by atoms with Crippen LogP contribution >= 0.6 is 23.4 Å². The maximum absolute atomic E-state index is 10.2. The summed E-state index contributed by atoms with van der Waals surface area (Å²) < 4.78 is 6.07. The van der Waals surface area contributed by atoms with Gasteiger partial charge in [0, 0.05) is 22.8 Å². The average molecular weight is 257 g/mol. The maximum Gasteiger partial charge on any atom is 0.126 e. The SMILES string of the molecule is O[C@@H]1CC2(CCSC2)Oc2ccc(Cl)cc21. The molecule has 0 saturated carbocycles. The molecule has 3 rings (SSSR count). The molecule has 2 atom stereocenters. The molecule has 2 aliphatic rings. The highest BCUT2D eigenvalue weighted by atomic mass is 35.5. The summed E-state index contributed by atoms with van der Waals surface area (Å²) in [5, 5.41) is 10.8. The Kier molecular flexibility index (Phi) is 2.57. The molecule has 2 heterocycles. The van der Waals surface area contributed by atoms with Gasteiger partial charge in [0.15, 0.2) is 0 Å². The van der Waals surface area contributed by atoms with Crippen molar-refractivity contribution in [2.24, 2.45) is 0 Å². The summed E-state index contributed by atoms with van der Waals surface area (Å²) in [5.41, 5.74) is 0.681. The zero-order valence-corrected chi connectivity index (χ0v) is 10.4. The zero-order chi connectivity index (χ0) is 11.2. The van der Waals surface area contributed by atoms with E-state index in [0.717, 1.165) is 29.2 Å². The monoisotopic (exact) mass is 256 g/mol. The summed E-state index contributed by atoms with van der Waals surface area (Å²) in [7, 11) is 0. The molecule has 86 valence electrons. The number of benzene rings is 1. The standard InChI is InChI=1S/C12H13ClO2S/c13-8-1-2-11-9(5-8)10(14)6-12(15-11)3-4-16-7-12/h1-2,5,10,14H,3-4,6-7H2/t10-,12?/m1/s1. The van der Waals surface area contributed by atoms with Gasteiger partial charge in [-0.1, -0.05) is 11.6 Å². The van der Waals surface area contributed by atoms with Crippen molar-refractivity contribution in [2.45, 2.75) is 24.5 Å². The molecule has 1 saturated heterocycles. The predicted molar refractivity (Wildman–Crippen MR) is 66.3 cm³/mol. The third-order valence-electron chi connectivity index (χ3n) is 3.29. The molecule has 2 aliphatic heterocycles. The minimum atomic E-state index is -0.443. The number of hydrogen-bond acceptors (Lipinski definition) is 3. The van der Waals surface area contributed by atoms with E-state index in [1.54, 1.807) is 6.07 Å². The van der Waals surface area contributed by atoms with Crippen LogP contribution < -0.4 is 4.74 Å². The van der Waals surface area contributed by atoms with E-state index in [2.05, 4.69) is 0 Å². The number of ether oxygens (including phenoxy) is 1. The molecule has 2 nitrogen and oxygen atoms in total. The first-order valence-electron chi connectivity index (χ1n) is 5.43. The molecule has 4 heteroatoms. The number of halogens is 1. The minimum Gasteiger partial charge on any atom is -0.486 e. The molecule has 1 aromatic carbocycles. The van der Waals surface area contributed by atoms with E-state index in [9.17, 15) is 5.11 Å². The van der Waals surface area contributed by atoms with E-state index in [1.165, 1.54) is 0 Å². The maximum atomic E-state index is 10.2. The molecule has 0 aromatic heterocycles. The van der Waals surface area contributed by atoms with Crippen molar-refractivity contribution in [2.75, 3.05) is 11.5 Å². The molecule has 16 heavy (non-hydrogen) atoms. The quantitative estimate of drug-likeness (QED) is 0.774. The fourth-order valence-corrected chi connectivity index (χ4v) is 3.97. The van der Waals surface area contributed by atoms with Crippen LogP contribution in [0.25, 0.3) is 0 Å². The van der Waals surface area contributed by atoms with Crippen LogP contribution in [0.2, 0.25) is 5.02 Å². The Morgan fingerprint density at radius 1 is 1.50 bits per heavy atom. The van der Waals surface area contributed by atoms with Crippen molar-refractivity contribution < 1.29 is 9.84 Å². The van der Waals surface area contributed by atoms with Gasteiger partial charge in [0.2, 0.25) is 0 Å². The van der Waals surface area contributed by atoms with E-state index < -0.39 is 6.10 Å². The van der Waals surface area contributed by atoms with Crippen LogP contribution in [0.4, 0.5) is 0 Å². The van der Waals surface area contributed by atoms with E-state index >= 15 is 0 Å². The second-order valence-corrected chi connectivity index (χ2v) is 6.03. The molecule has 1 unspecified atom stereocenters. The third kappa shape index (κ3) is 1.71. The number of aliphatic hydroxyl groups is 1. The Bertz CT molecular complexity index is 415. The van der Waals surface area contributed by atoms with Gasteiger partial charge in [-0.2, -0.15) is 11.8 Å². The van der Waals surface area contributed by atoms with Crippen LogP contribution in [0.3, 0.4) is 0 Å². The lowest BCUT2D eigenvalue weighted by molar-refractivity contribution is 0.00409. The molecule has 1 spiro atoms. The van der Waals surface area contributed by atoms with Crippen molar-refractivity contribution in [3.8, 4) is 5.75 Å². The van der Waals surface area contributed by atoms with Crippen molar-refractivity contribution in [3.05, 3.63) is 28.8 Å². The van der Waals surface area contributed by atoms with E-state index in [4.69, 9.17) is 16.3 Å².